The molecule has 8 saturated heterocycles. The molecule has 8 aliphatic heterocycles. The van der Waals surface area contributed by atoms with Crippen LogP contribution in [0.1, 0.15) is 97.1 Å². The molecule has 2 amide bonds. The van der Waals surface area contributed by atoms with Crippen LogP contribution in [0, 0.1) is 30.5 Å². The molecule has 526 valence electrons. The number of piperazine rings is 6. The highest BCUT2D eigenvalue weighted by molar-refractivity contribution is 5.82. The molecule has 2 atom stereocenters. The first-order valence-electron chi connectivity index (χ1n) is 35.0. The topological polar surface area (TPSA) is 213 Å². The summed E-state index contributed by atoms with van der Waals surface area (Å²) in [6, 6.07) is 23.0. The van der Waals surface area contributed by atoms with Gasteiger partial charge in [0.2, 0.25) is 11.8 Å². The van der Waals surface area contributed by atoms with E-state index in [1.807, 2.05) is 48.5 Å². The average molecular weight is 1300 g/mol. The first kappa shape index (κ1) is 80.2. The number of aryl methyl sites for hydroxylation is 2. The van der Waals surface area contributed by atoms with Crippen molar-refractivity contribution in [3.05, 3.63) is 88.6 Å². The summed E-state index contributed by atoms with van der Waals surface area (Å²) >= 11 is 0. The summed E-state index contributed by atoms with van der Waals surface area (Å²) in [5, 5.41) is 30.6. The molecule has 3 aromatic carbocycles. The molecule has 0 spiro atoms. The van der Waals surface area contributed by atoms with Crippen LogP contribution in [0.3, 0.4) is 0 Å². The standard InChI is InChI=1S/C11H15FN2.C11H16N2.C10H13N3O.C10H20N2.C8H18N2.C7H15N3O.C7H14N2O.C6H11NO.CH4/c1-9-2-3-11(10(12)8-9)14-6-4-13-5-7-14;1-10-2-4-11(5-3-10)13-8-6-12-7-9-13;14-12-9-1-3-10(4-2-9)13-7-5-11-6-8-13;1-2-4-10(5-3-1)12-8-6-11-7-9-12;1-8(2)7-10-5-3-9-4-6-10;1-8-7(11)6-10-4-2-9-3-5-10;1-9(2)7(10)6-4-3-5-8-6;1-5(8)6-3-2-4-7-6;/h2-3,8,13H,4-7H2,1H3;2-5,12H,6-9H2,1H3;1-4,11H,5-8H2;10-11H,1-9H2;8-9H,3-7H2,1-2H3;9H,2-6H2,1H3,(H,8,11);6,8H,3-5H2,1-2H3;6-7H,2-4H2,1H3;1H4/p+1. The second-order valence-corrected chi connectivity index (χ2v) is 26.0. The minimum Gasteiger partial charge on any atom is -0.369 e. The SMILES string of the molecule is C.C1CCC(N2CCNCC2)CC1.CC(=O)C1CCCN1.CC(C)CN1CCNCC1.CN(C)C(=O)C1CCCN1.CNC(=O)CN1CCNCC1.Cc1ccc(N2CCNCC2)c(F)c1.Cc1ccc(N2CCNCC2)cc1.O=[NH+]c1ccc(N2CCNCC2)cc1. The fourth-order valence-corrected chi connectivity index (χ4v) is 12.4. The summed E-state index contributed by atoms with van der Waals surface area (Å²) in [6.45, 7) is 40.0. The monoisotopic (exact) mass is 1300 g/mol. The van der Waals surface area contributed by atoms with Crippen molar-refractivity contribution in [2.75, 3.05) is 219 Å². The molecule has 8 heterocycles. The molecule has 93 heavy (non-hydrogen) atoms. The summed E-state index contributed by atoms with van der Waals surface area (Å²) in [6.07, 6.45) is 11.6. The van der Waals surface area contributed by atoms with Crippen molar-refractivity contribution in [3.63, 3.8) is 0 Å². The van der Waals surface area contributed by atoms with Crippen molar-refractivity contribution < 1.29 is 24.0 Å². The van der Waals surface area contributed by atoms with Gasteiger partial charge in [-0.1, -0.05) is 64.3 Å². The van der Waals surface area contributed by atoms with E-state index in [0.29, 0.717) is 12.2 Å². The predicted octanol–water partition coefficient (Wildman–Crippen LogP) is 3.72. The van der Waals surface area contributed by atoms with Gasteiger partial charge in [0.1, 0.15) is 11.6 Å². The Kier molecular flexibility index (Phi) is 41.1. The van der Waals surface area contributed by atoms with Crippen LogP contribution in [0.25, 0.3) is 0 Å². The maximum Gasteiger partial charge on any atom is 0.253 e. The lowest BCUT2D eigenvalue weighted by Crippen LogP contribution is -2.55. The molecule has 9 fully saturated rings. The summed E-state index contributed by atoms with van der Waals surface area (Å²) < 4.78 is 13.6. The Morgan fingerprint density at radius 1 is 0.548 bits per heavy atom. The fraction of sp³-hybridized carbons (Fsp3) is 0.704. The minimum absolute atomic E-state index is 0. The number of hydrogen-bond donors (Lipinski definition) is 10. The van der Waals surface area contributed by atoms with Crippen molar-refractivity contribution in [2.45, 2.75) is 118 Å². The Hall–Kier alpha value is -5.24. The van der Waals surface area contributed by atoms with Gasteiger partial charge in [-0.2, -0.15) is 0 Å². The van der Waals surface area contributed by atoms with Crippen LogP contribution in [0.4, 0.5) is 27.1 Å². The third-order valence-electron chi connectivity index (χ3n) is 17.8. The van der Waals surface area contributed by atoms with Crippen molar-refractivity contribution in [3.8, 4) is 0 Å². The van der Waals surface area contributed by atoms with Crippen molar-refractivity contribution in [1.82, 2.24) is 67.5 Å². The highest BCUT2D eigenvalue weighted by Crippen LogP contribution is 2.23. The van der Waals surface area contributed by atoms with Crippen LogP contribution < -0.4 is 67.7 Å². The molecule has 0 aromatic heterocycles. The van der Waals surface area contributed by atoms with Gasteiger partial charge in [-0.05, 0) is 120 Å². The zero-order valence-electron chi connectivity index (χ0n) is 58.0. The van der Waals surface area contributed by atoms with E-state index in [4.69, 9.17) is 0 Å². The lowest BCUT2D eigenvalue weighted by atomic mass is 9.94. The number of nitrogens with one attached hydrogen (secondary N) is 10. The molecular weight excluding hydrogens is 1170 g/mol. The number of carbonyl (C=O) groups excluding carboxylic acids is 3. The molecule has 12 rings (SSSR count). The number of carbonyl (C=O) groups is 3. The summed E-state index contributed by atoms with van der Waals surface area (Å²) in [4.78, 5) is 58.9. The van der Waals surface area contributed by atoms with E-state index in [1.54, 1.807) is 39.0 Å². The summed E-state index contributed by atoms with van der Waals surface area (Å²) in [7, 11) is 5.26. The highest BCUT2D eigenvalue weighted by atomic mass is 19.1. The first-order valence-corrected chi connectivity index (χ1v) is 35.0. The van der Waals surface area contributed by atoms with Gasteiger partial charge in [-0.15, -0.1) is 0 Å². The molecule has 9 aliphatic rings. The number of nitroso groups, excluding NO2 is 1. The van der Waals surface area contributed by atoms with Crippen molar-refractivity contribution in [2.24, 2.45) is 5.92 Å². The minimum atomic E-state index is -0.105. The van der Waals surface area contributed by atoms with E-state index in [-0.39, 0.29) is 42.9 Å². The van der Waals surface area contributed by atoms with Crippen molar-refractivity contribution >= 4 is 40.3 Å². The zero-order chi connectivity index (χ0) is 66.1. The largest absolute Gasteiger partial charge is 0.369 e. The fourth-order valence-electron chi connectivity index (χ4n) is 12.4. The Bertz CT molecular complexity index is 2410. The van der Waals surface area contributed by atoms with Crippen LogP contribution in [0.15, 0.2) is 66.7 Å². The van der Waals surface area contributed by atoms with E-state index in [9.17, 15) is 23.7 Å². The number of ketones is 1. The third-order valence-corrected chi connectivity index (χ3v) is 17.8. The van der Waals surface area contributed by atoms with Crippen LogP contribution in [-0.4, -0.2) is 260 Å². The second-order valence-electron chi connectivity index (χ2n) is 26.0. The first-order chi connectivity index (χ1) is 44.6. The van der Waals surface area contributed by atoms with Gasteiger partial charge in [0.05, 0.1) is 24.3 Å². The zero-order valence-corrected chi connectivity index (χ0v) is 58.0. The Labute approximate surface area is 560 Å². The number of hydrogen-bond acceptors (Lipinski definition) is 18. The van der Waals surface area contributed by atoms with Gasteiger partial charge in [0.15, 0.2) is 0 Å². The van der Waals surface area contributed by atoms with Crippen LogP contribution in [0.5, 0.6) is 0 Å². The number of likely N-dealkylation sites (N-methyl/N-ethyl adjacent to an activating group) is 2. The Morgan fingerprint density at radius 2 is 0.978 bits per heavy atom. The van der Waals surface area contributed by atoms with E-state index in [1.165, 1.54) is 108 Å². The third kappa shape index (κ3) is 32.8. The van der Waals surface area contributed by atoms with Crippen molar-refractivity contribution in [1.29, 1.82) is 0 Å². The van der Waals surface area contributed by atoms with Crippen LogP contribution >= 0.6 is 0 Å². The normalized spacial score (nSPS) is 21.1. The van der Waals surface area contributed by atoms with Crippen LogP contribution in [0.2, 0.25) is 0 Å². The predicted molar refractivity (Wildman–Crippen MR) is 385 cm³/mol. The van der Waals surface area contributed by atoms with E-state index in [2.05, 4.69) is 122 Å². The van der Waals surface area contributed by atoms with Gasteiger partial charge in [-0.3, -0.25) is 24.2 Å². The summed E-state index contributed by atoms with van der Waals surface area (Å²) in [5.41, 5.74) is 6.19. The molecular formula is C71H127FN17O4+. The van der Waals surface area contributed by atoms with Crippen LogP contribution in [-0.2, 0) is 14.4 Å². The number of anilines is 3. The van der Waals surface area contributed by atoms with Gasteiger partial charge in [-0.25, -0.2) is 4.39 Å². The summed E-state index contributed by atoms with van der Waals surface area (Å²) in [5.74, 6) is 1.30. The quantitative estimate of drug-likeness (QED) is 0.133. The molecule has 0 radical (unpaired) electrons. The highest BCUT2D eigenvalue weighted by Gasteiger charge is 2.24. The van der Waals surface area contributed by atoms with Gasteiger partial charge < -0.3 is 72.4 Å². The molecule has 0 bridgehead atoms. The second kappa shape index (κ2) is 47.6. The molecule has 21 nitrogen and oxygen atoms in total. The molecule has 2 unspecified atom stereocenters. The molecule has 1 aliphatic carbocycles. The van der Waals surface area contributed by atoms with E-state index in [0.717, 1.165) is 167 Å². The maximum atomic E-state index is 13.6. The average Bonchev–Trinajstić information content (AvgIpc) is 3.88. The number of nitrogens with zero attached hydrogens (tertiary/aromatic N) is 7. The molecule has 22 heteroatoms. The lowest BCUT2D eigenvalue weighted by Gasteiger charge is -2.36. The Balaban J connectivity index is 0.000000227. The maximum absolute atomic E-state index is 13.6. The number of halogens is 1. The van der Waals surface area contributed by atoms with E-state index >= 15 is 0 Å². The van der Waals surface area contributed by atoms with Gasteiger partial charge in [0.25, 0.3) is 5.69 Å². The number of benzene rings is 3. The van der Waals surface area contributed by atoms with E-state index < -0.39 is 0 Å². The van der Waals surface area contributed by atoms with Gasteiger partial charge in [0, 0.05) is 224 Å². The number of rotatable bonds is 11. The molecule has 10 N–H and O–H groups in total. The number of amides is 2. The van der Waals surface area contributed by atoms with Gasteiger partial charge >= 0.3 is 0 Å². The molecule has 3 aromatic rings. The molecule has 1 saturated carbocycles. The Morgan fingerprint density at radius 3 is 1.39 bits per heavy atom. The number of Topliss-reactive ketones (excluding diaryl/α,β-unsaturated/α-hetero) is 1. The lowest BCUT2D eigenvalue weighted by molar-refractivity contribution is -0.379. The smallest absolute Gasteiger partial charge is 0.253 e.